The smallest absolute Gasteiger partial charge is 0.0781 e. The fourth-order valence-electron chi connectivity index (χ4n) is 8.30. The van der Waals surface area contributed by atoms with Crippen LogP contribution in [0.25, 0.3) is 88.6 Å². The monoisotopic (exact) mass is 694 g/mol. The summed E-state index contributed by atoms with van der Waals surface area (Å²) in [6, 6.07) is 52.9. The molecule has 0 atom stereocenters. The first-order valence-electron chi connectivity index (χ1n) is 18.6. The zero-order valence-corrected chi connectivity index (χ0v) is 30.8. The van der Waals surface area contributed by atoms with Gasteiger partial charge in [0.1, 0.15) is 0 Å². The summed E-state index contributed by atoms with van der Waals surface area (Å²) in [5.74, 6) is 0. The van der Waals surface area contributed by atoms with E-state index in [0.717, 1.165) is 45.0 Å². The number of pyridine rings is 2. The highest BCUT2D eigenvalue weighted by Crippen LogP contribution is 2.39. The summed E-state index contributed by atoms with van der Waals surface area (Å²) >= 11 is 0. The van der Waals surface area contributed by atoms with Crippen molar-refractivity contribution in [2.24, 2.45) is 0 Å². The molecule has 0 radical (unpaired) electrons. The predicted octanol–water partition coefficient (Wildman–Crippen LogP) is 12.9. The molecule has 0 saturated carbocycles. The zero-order valence-electron chi connectivity index (χ0n) is 30.8. The van der Waals surface area contributed by atoms with Gasteiger partial charge in [0.05, 0.1) is 33.5 Å². The average Bonchev–Trinajstić information content (AvgIpc) is 3.69. The summed E-state index contributed by atoms with van der Waals surface area (Å²) in [5.41, 5.74) is 18.2. The first-order valence-corrected chi connectivity index (χ1v) is 18.6. The summed E-state index contributed by atoms with van der Waals surface area (Å²) in [5, 5.41) is 5.12. The second-order valence-electron chi connectivity index (χ2n) is 14.6. The quantitative estimate of drug-likeness (QED) is 0.180. The number of nitrogens with zero attached hydrogens (tertiary/aromatic N) is 4. The summed E-state index contributed by atoms with van der Waals surface area (Å²) < 4.78 is 4.74. The third kappa shape index (κ3) is 5.14. The molecule has 4 heteroatoms. The number of rotatable bonds is 5. The molecule has 4 heterocycles. The van der Waals surface area contributed by atoms with Crippen LogP contribution in [-0.4, -0.2) is 19.1 Å². The molecule has 0 fully saturated rings. The van der Waals surface area contributed by atoms with Crippen LogP contribution < -0.4 is 0 Å². The molecule has 0 saturated heterocycles. The fraction of sp³-hybridized carbons (Fsp3) is 0.0800. The Morgan fingerprint density at radius 2 is 0.667 bits per heavy atom. The van der Waals surface area contributed by atoms with Crippen LogP contribution in [0.2, 0.25) is 0 Å². The largest absolute Gasteiger partial charge is 0.309 e. The molecule has 0 spiro atoms. The minimum absolute atomic E-state index is 0.930. The van der Waals surface area contributed by atoms with Crippen molar-refractivity contribution in [3.63, 3.8) is 0 Å². The lowest BCUT2D eigenvalue weighted by Gasteiger charge is -2.15. The van der Waals surface area contributed by atoms with Crippen molar-refractivity contribution in [1.29, 1.82) is 0 Å². The lowest BCUT2D eigenvalue weighted by atomic mass is 9.95. The molecular weight excluding hydrogens is 657 g/mol. The van der Waals surface area contributed by atoms with Gasteiger partial charge < -0.3 is 9.13 Å². The predicted molar refractivity (Wildman–Crippen MR) is 226 cm³/mol. The molecule has 4 nitrogen and oxygen atoms in total. The maximum atomic E-state index is 4.95. The molecule has 6 aromatic carbocycles. The van der Waals surface area contributed by atoms with Gasteiger partial charge in [-0.05, 0) is 113 Å². The summed E-state index contributed by atoms with van der Waals surface area (Å²) in [7, 11) is 0. The van der Waals surface area contributed by atoms with Gasteiger partial charge in [0.2, 0.25) is 0 Å². The molecule has 0 amide bonds. The molecule has 0 bridgehead atoms. The molecule has 0 unspecified atom stereocenters. The van der Waals surface area contributed by atoms with E-state index >= 15 is 0 Å². The van der Waals surface area contributed by atoms with Crippen molar-refractivity contribution in [3.8, 4) is 45.0 Å². The number of aryl methyl sites for hydroxylation is 4. The van der Waals surface area contributed by atoms with Crippen LogP contribution >= 0.6 is 0 Å². The van der Waals surface area contributed by atoms with E-state index in [1.165, 1.54) is 65.9 Å². The molecule has 0 aliphatic rings. The Labute approximate surface area is 314 Å². The highest BCUT2D eigenvalue weighted by molar-refractivity contribution is 6.11. The van der Waals surface area contributed by atoms with Crippen molar-refractivity contribution in [1.82, 2.24) is 19.1 Å². The molecule has 4 aromatic heterocycles. The van der Waals surface area contributed by atoms with Gasteiger partial charge in [-0.3, -0.25) is 9.97 Å². The van der Waals surface area contributed by atoms with Crippen molar-refractivity contribution >= 4 is 43.6 Å². The number of fused-ring (bicyclic) bond motifs is 6. The van der Waals surface area contributed by atoms with Crippen LogP contribution in [0.5, 0.6) is 0 Å². The Morgan fingerprint density at radius 3 is 0.981 bits per heavy atom. The molecule has 258 valence electrons. The summed E-state index contributed by atoms with van der Waals surface area (Å²) in [4.78, 5) is 9.90. The van der Waals surface area contributed by atoms with E-state index in [-0.39, 0.29) is 0 Å². The topological polar surface area (TPSA) is 35.6 Å². The maximum Gasteiger partial charge on any atom is 0.0781 e. The lowest BCUT2D eigenvalue weighted by molar-refractivity contribution is 1.18. The normalized spacial score (nSPS) is 11.7. The first-order chi connectivity index (χ1) is 26.4. The van der Waals surface area contributed by atoms with Gasteiger partial charge in [-0.25, -0.2) is 0 Å². The van der Waals surface area contributed by atoms with E-state index in [0.29, 0.717) is 0 Å². The lowest BCUT2D eigenvalue weighted by Crippen LogP contribution is -1.96. The third-order valence-corrected chi connectivity index (χ3v) is 10.9. The van der Waals surface area contributed by atoms with Crippen molar-refractivity contribution < 1.29 is 0 Å². The van der Waals surface area contributed by atoms with Gasteiger partial charge in [-0.1, -0.05) is 82.9 Å². The summed E-state index contributed by atoms with van der Waals surface area (Å²) in [6.45, 7) is 8.65. The molecule has 10 rings (SSSR count). The molecule has 0 aliphatic heterocycles. The standard InChI is InChI=1S/C50H38N4/c1-31-9-21-45-41(27-31)42-28-32(2)10-22-46(42)53(45)37-17-13-35(14-18-37)49-39(7-5-25-51-49)40-8-6-26-52-50(40)36-15-19-38(20-16-36)54-47-23-11-33(3)29-43(47)44-30-34(4)12-24-48(44)54/h5-30H,1-4H3. The van der Waals surface area contributed by atoms with Crippen LogP contribution in [0.1, 0.15) is 22.3 Å². The SMILES string of the molecule is Cc1ccc2c(c1)c1cc(C)ccc1n2-c1ccc(-c2ncccc2-c2cccnc2-c2ccc(-n3c4ccc(C)cc4c4cc(C)ccc43)cc2)cc1. The Balaban J connectivity index is 1.04. The number of benzene rings is 6. The average molecular weight is 695 g/mol. The van der Waals surface area contributed by atoms with Gasteiger partial charge in [0.15, 0.2) is 0 Å². The highest BCUT2D eigenvalue weighted by Gasteiger charge is 2.18. The van der Waals surface area contributed by atoms with Crippen LogP contribution in [0.15, 0.2) is 158 Å². The molecule has 0 aliphatic carbocycles. The first kappa shape index (κ1) is 31.9. The molecule has 0 N–H and O–H groups in total. The molecular formula is C50H38N4. The number of hydrogen-bond acceptors (Lipinski definition) is 2. The number of hydrogen-bond donors (Lipinski definition) is 0. The van der Waals surface area contributed by atoms with Gasteiger partial charge in [0.25, 0.3) is 0 Å². The van der Waals surface area contributed by atoms with Crippen molar-refractivity contribution in [3.05, 3.63) is 180 Å². The Bertz CT molecular complexity index is 2740. The maximum absolute atomic E-state index is 4.95. The van der Waals surface area contributed by atoms with Crippen LogP contribution in [0.4, 0.5) is 0 Å². The summed E-state index contributed by atoms with van der Waals surface area (Å²) in [6.07, 6.45) is 3.76. The van der Waals surface area contributed by atoms with Gasteiger partial charge >= 0.3 is 0 Å². The third-order valence-electron chi connectivity index (χ3n) is 10.9. The highest BCUT2D eigenvalue weighted by atomic mass is 15.0. The van der Waals surface area contributed by atoms with E-state index in [9.17, 15) is 0 Å². The minimum Gasteiger partial charge on any atom is -0.309 e. The van der Waals surface area contributed by atoms with Gasteiger partial charge in [-0.2, -0.15) is 0 Å². The van der Waals surface area contributed by atoms with E-state index < -0.39 is 0 Å². The Kier molecular flexibility index (Phi) is 7.34. The van der Waals surface area contributed by atoms with Crippen LogP contribution in [0, 0.1) is 27.7 Å². The Hall–Kier alpha value is -6.78. The van der Waals surface area contributed by atoms with Crippen LogP contribution in [0.3, 0.4) is 0 Å². The molecule has 10 aromatic rings. The second kappa shape index (κ2) is 12.4. The van der Waals surface area contributed by atoms with Crippen LogP contribution in [-0.2, 0) is 0 Å². The Morgan fingerprint density at radius 1 is 0.352 bits per heavy atom. The van der Waals surface area contributed by atoms with Gasteiger partial charge in [0, 0.05) is 67.6 Å². The molecule has 54 heavy (non-hydrogen) atoms. The van der Waals surface area contributed by atoms with E-state index in [2.05, 4.69) is 170 Å². The van der Waals surface area contributed by atoms with E-state index in [1.807, 2.05) is 24.5 Å². The zero-order chi connectivity index (χ0) is 36.5. The van der Waals surface area contributed by atoms with Crippen molar-refractivity contribution in [2.75, 3.05) is 0 Å². The fourth-order valence-corrected chi connectivity index (χ4v) is 8.30. The van der Waals surface area contributed by atoms with Gasteiger partial charge in [-0.15, -0.1) is 0 Å². The van der Waals surface area contributed by atoms with E-state index in [1.54, 1.807) is 0 Å². The van der Waals surface area contributed by atoms with E-state index in [4.69, 9.17) is 9.97 Å². The second-order valence-corrected chi connectivity index (χ2v) is 14.6. The van der Waals surface area contributed by atoms with Crippen molar-refractivity contribution in [2.45, 2.75) is 27.7 Å². The minimum atomic E-state index is 0.930. The number of aromatic nitrogens is 4.